The molecule has 0 unspecified atom stereocenters. The smallest absolute Gasteiger partial charge is 0.277 e. The van der Waals surface area contributed by atoms with Gasteiger partial charge >= 0.3 is 0 Å². The lowest BCUT2D eigenvalue weighted by Gasteiger charge is -2.20. The maximum absolute atomic E-state index is 13.0. The van der Waals surface area contributed by atoms with Gasteiger partial charge in [0.25, 0.3) is 11.8 Å². The topological polar surface area (TPSA) is 79.3 Å². The minimum absolute atomic E-state index is 0.121. The number of benzene rings is 1. The average Bonchev–Trinajstić information content (AvgIpc) is 2.86. The number of hydrogen-bond donors (Lipinski definition) is 1. The summed E-state index contributed by atoms with van der Waals surface area (Å²) in [6.45, 7) is 0.868. The van der Waals surface area contributed by atoms with Crippen molar-refractivity contribution in [2.45, 2.75) is 6.42 Å². The molecule has 2 amide bonds. The van der Waals surface area contributed by atoms with Gasteiger partial charge in [-0.2, -0.15) is 0 Å². The highest BCUT2D eigenvalue weighted by molar-refractivity contribution is 6.36. The molecule has 1 heterocycles. The van der Waals surface area contributed by atoms with Crippen LogP contribution in [0.1, 0.15) is 12.0 Å². The molecule has 0 aromatic heterocycles. The number of likely N-dealkylation sites (N-methyl/N-ethyl adjacent to an activating group) is 1. The minimum Gasteiger partial charge on any atom is -0.496 e. The Bertz CT molecular complexity index is 671. The van der Waals surface area contributed by atoms with E-state index >= 15 is 0 Å². The maximum Gasteiger partial charge on any atom is 0.277 e. The molecule has 0 radical (unpaired) electrons. The number of aliphatic hydroxyl groups excluding tert-OH is 1. The molecule has 136 valence electrons. The molecule has 1 aromatic carbocycles. The summed E-state index contributed by atoms with van der Waals surface area (Å²) < 4.78 is 10.4. The van der Waals surface area contributed by atoms with E-state index in [-0.39, 0.29) is 37.2 Å². The third kappa shape index (κ3) is 3.83. The second-order valence-corrected chi connectivity index (χ2v) is 5.68. The molecule has 1 aliphatic heterocycles. The number of aliphatic hydroxyl groups is 1. The highest BCUT2D eigenvalue weighted by Crippen LogP contribution is 2.35. The van der Waals surface area contributed by atoms with Crippen molar-refractivity contribution < 1.29 is 24.2 Å². The van der Waals surface area contributed by atoms with Crippen LogP contribution in [0.25, 0.3) is 5.57 Å². The van der Waals surface area contributed by atoms with Crippen molar-refractivity contribution >= 4 is 17.4 Å². The van der Waals surface area contributed by atoms with Gasteiger partial charge in [0.15, 0.2) is 0 Å². The number of hydrogen-bond acceptors (Lipinski definition) is 6. The predicted molar refractivity (Wildman–Crippen MR) is 92.8 cm³/mol. The molecule has 1 aliphatic rings. The lowest BCUT2D eigenvalue weighted by molar-refractivity contribution is -0.137. The van der Waals surface area contributed by atoms with Crippen LogP contribution in [0, 0.1) is 0 Å². The summed E-state index contributed by atoms with van der Waals surface area (Å²) in [5.41, 5.74) is 1.15. The minimum atomic E-state index is -0.363. The van der Waals surface area contributed by atoms with Crippen LogP contribution in [0.2, 0.25) is 0 Å². The molecule has 1 N–H and O–H groups in total. The molecule has 7 heteroatoms. The van der Waals surface area contributed by atoms with Gasteiger partial charge in [-0.25, -0.2) is 0 Å². The van der Waals surface area contributed by atoms with E-state index in [2.05, 4.69) is 0 Å². The van der Waals surface area contributed by atoms with Crippen LogP contribution in [0.3, 0.4) is 0 Å². The molecule has 0 saturated heterocycles. The number of carbonyl (C=O) groups excluding carboxylic acids is 2. The Morgan fingerprint density at radius 3 is 2.52 bits per heavy atom. The van der Waals surface area contributed by atoms with Crippen LogP contribution in [-0.2, 0) is 14.3 Å². The molecule has 1 aromatic rings. The van der Waals surface area contributed by atoms with E-state index in [1.54, 1.807) is 43.3 Å². The first-order valence-electron chi connectivity index (χ1n) is 8.11. The summed E-state index contributed by atoms with van der Waals surface area (Å²) in [7, 11) is 4.78. The molecular formula is C18H24N2O5. The van der Waals surface area contributed by atoms with Crippen molar-refractivity contribution in [3.05, 3.63) is 35.5 Å². The molecule has 0 aliphatic carbocycles. The molecule has 2 rings (SSSR count). The zero-order valence-corrected chi connectivity index (χ0v) is 14.8. The average molecular weight is 348 g/mol. The van der Waals surface area contributed by atoms with Gasteiger partial charge in [0, 0.05) is 39.4 Å². The van der Waals surface area contributed by atoms with Gasteiger partial charge in [0.2, 0.25) is 0 Å². The van der Waals surface area contributed by atoms with Gasteiger partial charge < -0.3 is 19.5 Å². The molecule has 0 fully saturated rings. The van der Waals surface area contributed by atoms with E-state index in [0.717, 1.165) is 0 Å². The van der Waals surface area contributed by atoms with E-state index in [1.165, 1.54) is 12.0 Å². The second-order valence-electron chi connectivity index (χ2n) is 5.68. The zero-order chi connectivity index (χ0) is 18.4. The van der Waals surface area contributed by atoms with E-state index in [0.29, 0.717) is 29.9 Å². The largest absolute Gasteiger partial charge is 0.496 e. The summed E-state index contributed by atoms with van der Waals surface area (Å²) >= 11 is 0. The van der Waals surface area contributed by atoms with Crippen molar-refractivity contribution in [1.82, 2.24) is 9.80 Å². The van der Waals surface area contributed by atoms with Crippen LogP contribution >= 0.6 is 0 Å². The first kappa shape index (κ1) is 19.0. The summed E-state index contributed by atoms with van der Waals surface area (Å²) in [4.78, 5) is 28.6. The molecule has 0 atom stereocenters. The highest BCUT2D eigenvalue weighted by Gasteiger charge is 2.41. The van der Waals surface area contributed by atoms with E-state index < -0.39 is 0 Å². The zero-order valence-electron chi connectivity index (χ0n) is 14.8. The number of nitrogens with zero attached hydrogens (tertiary/aromatic N) is 2. The van der Waals surface area contributed by atoms with Gasteiger partial charge in [-0.15, -0.1) is 0 Å². The monoisotopic (exact) mass is 348 g/mol. The van der Waals surface area contributed by atoms with Crippen molar-refractivity contribution in [1.29, 1.82) is 0 Å². The molecule has 0 bridgehead atoms. The molecular weight excluding hydrogens is 324 g/mol. The van der Waals surface area contributed by atoms with Gasteiger partial charge in [0.05, 0.1) is 19.3 Å². The molecule has 25 heavy (non-hydrogen) atoms. The number of methoxy groups -OCH3 is 2. The fourth-order valence-electron chi connectivity index (χ4n) is 2.84. The Morgan fingerprint density at radius 1 is 1.16 bits per heavy atom. The van der Waals surface area contributed by atoms with Crippen LogP contribution in [0.4, 0.5) is 0 Å². The Labute approximate surface area is 147 Å². The lowest BCUT2D eigenvalue weighted by Crippen LogP contribution is -2.35. The fraction of sp³-hybridized carbons (Fsp3) is 0.444. The van der Waals surface area contributed by atoms with Crippen LogP contribution < -0.4 is 4.74 Å². The summed E-state index contributed by atoms with van der Waals surface area (Å²) in [6.07, 6.45) is 0.560. The van der Waals surface area contributed by atoms with Crippen LogP contribution in [0.5, 0.6) is 5.75 Å². The molecule has 0 saturated carbocycles. The normalized spacial score (nSPS) is 14.5. The predicted octanol–water partition coefficient (Wildman–Crippen LogP) is 0.736. The summed E-state index contributed by atoms with van der Waals surface area (Å²) in [5.74, 6) is -0.198. The van der Waals surface area contributed by atoms with Gasteiger partial charge in [-0.1, -0.05) is 18.2 Å². The summed E-state index contributed by atoms with van der Waals surface area (Å²) in [6, 6.07) is 7.10. The van der Waals surface area contributed by atoms with Crippen molar-refractivity contribution in [2.75, 3.05) is 47.6 Å². The summed E-state index contributed by atoms with van der Waals surface area (Å²) in [5, 5.41) is 9.23. The first-order chi connectivity index (χ1) is 12.1. The number of rotatable bonds is 9. The SMILES string of the molecule is COCCCN1C(=O)C(c2ccccc2OC)=C(N(C)CCO)C1=O. The van der Waals surface area contributed by atoms with E-state index in [9.17, 15) is 14.7 Å². The van der Waals surface area contributed by atoms with Gasteiger partial charge in [0.1, 0.15) is 11.4 Å². The number of carbonyl (C=O) groups is 2. The third-order valence-electron chi connectivity index (χ3n) is 4.07. The lowest BCUT2D eigenvalue weighted by atomic mass is 10.0. The second kappa shape index (κ2) is 8.64. The van der Waals surface area contributed by atoms with Crippen molar-refractivity contribution in [3.63, 3.8) is 0 Å². The Hall–Kier alpha value is -2.38. The Kier molecular flexibility index (Phi) is 6.55. The molecule has 7 nitrogen and oxygen atoms in total. The number of imide groups is 1. The van der Waals surface area contributed by atoms with Crippen molar-refractivity contribution in [3.8, 4) is 5.75 Å². The number of ether oxygens (including phenoxy) is 2. The highest BCUT2D eigenvalue weighted by atomic mass is 16.5. The number of amides is 2. The van der Waals surface area contributed by atoms with E-state index in [4.69, 9.17) is 9.47 Å². The van der Waals surface area contributed by atoms with Crippen LogP contribution in [0.15, 0.2) is 30.0 Å². The number of para-hydroxylation sites is 1. The standard InChI is InChI=1S/C18H24N2O5/c1-19(10-11-21)16-15(13-7-4-5-8-14(13)25-3)17(22)20(18(16)23)9-6-12-24-2/h4-5,7-8,21H,6,9-12H2,1-3H3. The molecule has 0 spiro atoms. The third-order valence-corrected chi connectivity index (χ3v) is 4.07. The fourth-order valence-corrected chi connectivity index (χ4v) is 2.84. The quantitative estimate of drug-likeness (QED) is 0.524. The van der Waals surface area contributed by atoms with Gasteiger partial charge in [-0.3, -0.25) is 14.5 Å². The maximum atomic E-state index is 13.0. The van der Waals surface area contributed by atoms with Crippen LogP contribution in [-0.4, -0.2) is 74.3 Å². The van der Waals surface area contributed by atoms with E-state index in [1.807, 2.05) is 0 Å². The Balaban J connectivity index is 2.48. The first-order valence-corrected chi connectivity index (χ1v) is 8.11. The Morgan fingerprint density at radius 2 is 1.88 bits per heavy atom. The van der Waals surface area contributed by atoms with Crippen molar-refractivity contribution in [2.24, 2.45) is 0 Å². The van der Waals surface area contributed by atoms with Gasteiger partial charge in [-0.05, 0) is 12.5 Å².